The van der Waals surface area contributed by atoms with Gasteiger partial charge in [-0.1, -0.05) is 41.0 Å². The molecule has 0 amide bonds. The molecule has 2 aliphatic heterocycles. The average Bonchev–Trinajstić information content (AvgIpc) is 3.80. The largest absolute Gasteiger partial charge is 2.00 e. The summed E-state index contributed by atoms with van der Waals surface area (Å²) in [7, 11) is 0. The van der Waals surface area contributed by atoms with E-state index in [1.54, 1.807) is 6.07 Å². The first-order chi connectivity index (χ1) is 26.4. The Morgan fingerprint density at radius 2 is 1.12 bits per heavy atom. The van der Waals surface area contributed by atoms with Crippen molar-refractivity contribution in [1.82, 2.24) is 19.9 Å². The van der Waals surface area contributed by atoms with Crippen LogP contribution in [0.5, 0.6) is 0 Å². The monoisotopic (exact) mass is 854 g/mol. The normalized spacial score (nSPS) is 14.9. The Bertz CT molecular complexity index is 2330. The van der Waals surface area contributed by atoms with Gasteiger partial charge in [0.1, 0.15) is 0 Å². The fraction of sp³-hybridized carbons (Fsp3) is 0.400. The second kappa shape index (κ2) is 18.9. The molecule has 304 valence electrons. The van der Waals surface area contributed by atoms with E-state index in [-0.39, 0.29) is 64.8 Å². The number of carbonyl (C=O) groups excluding carboxylic acids is 4. The molecule has 0 aliphatic carbocycles. The van der Waals surface area contributed by atoms with Gasteiger partial charge in [0.15, 0.2) is 0 Å². The van der Waals surface area contributed by atoms with Crippen molar-refractivity contribution in [3.05, 3.63) is 69.3 Å². The molecule has 14 nitrogen and oxygen atoms in total. The molecule has 57 heavy (non-hydrogen) atoms. The summed E-state index contributed by atoms with van der Waals surface area (Å²) in [6.45, 7) is 11.4. The van der Waals surface area contributed by atoms with Crippen LogP contribution in [0, 0.1) is 13.8 Å². The minimum atomic E-state index is -1.36. The molecule has 17 heteroatoms. The van der Waals surface area contributed by atoms with Crippen LogP contribution in [0.2, 0.25) is 0 Å². The van der Waals surface area contributed by atoms with E-state index in [4.69, 9.17) is 31.4 Å². The number of hydrogen-bond donors (Lipinski definition) is 2. The second-order valence-electron chi connectivity index (χ2n) is 13.9. The van der Waals surface area contributed by atoms with Crippen molar-refractivity contribution in [2.24, 2.45) is 11.5 Å². The van der Waals surface area contributed by atoms with Crippen molar-refractivity contribution < 1.29 is 56.7 Å². The predicted octanol–water partition coefficient (Wildman–Crippen LogP) is 0.332. The number of carboxylic acid groups (broad SMARTS) is 4. The van der Waals surface area contributed by atoms with Gasteiger partial charge in [-0.05, 0) is 95.1 Å². The van der Waals surface area contributed by atoms with E-state index >= 15 is 0 Å². The Balaban J connectivity index is 0.00000720. The number of nitrogens with zero attached hydrogens (tertiary/aromatic N) is 4. The van der Waals surface area contributed by atoms with Gasteiger partial charge in [-0.2, -0.15) is 23.5 Å². The summed E-state index contributed by atoms with van der Waals surface area (Å²) < 4.78 is 0. The number of thioether (sulfide) groups is 2. The molecule has 0 radical (unpaired) electrons. The van der Waals surface area contributed by atoms with Crippen LogP contribution in [0.25, 0.3) is 44.4 Å². The molecular formula is C40H42FeN6O8S2-4. The fourth-order valence-corrected chi connectivity index (χ4v) is 9.11. The number of aryl methyl sites for hydroxylation is 3. The van der Waals surface area contributed by atoms with Crippen LogP contribution in [-0.4, -0.2) is 62.7 Å². The molecule has 0 fully saturated rings. The van der Waals surface area contributed by atoms with Gasteiger partial charge < -0.3 is 61.0 Å². The van der Waals surface area contributed by atoms with Crippen molar-refractivity contribution in [3.63, 3.8) is 0 Å². The fourth-order valence-electron chi connectivity index (χ4n) is 6.91. The van der Waals surface area contributed by atoms with Crippen molar-refractivity contribution in [2.75, 3.05) is 11.5 Å². The summed E-state index contributed by atoms with van der Waals surface area (Å²) in [6, 6.07) is 4.86. The Morgan fingerprint density at radius 1 is 0.649 bits per heavy atom. The van der Waals surface area contributed by atoms with Crippen molar-refractivity contribution in [3.8, 4) is 0 Å². The van der Waals surface area contributed by atoms with Crippen LogP contribution in [0.15, 0.2) is 24.3 Å². The quantitative estimate of drug-likeness (QED) is 0.184. The van der Waals surface area contributed by atoms with Gasteiger partial charge in [-0.3, -0.25) is 0 Å². The molecule has 0 spiro atoms. The number of aliphatic carboxylic acids is 4. The zero-order valence-electron chi connectivity index (χ0n) is 32.2. The van der Waals surface area contributed by atoms with Gasteiger partial charge in [0, 0.05) is 33.9 Å². The van der Waals surface area contributed by atoms with E-state index in [9.17, 15) is 39.6 Å². The number of carbonyl (C=O) groups is 4. The van der Waals surface area contributed by atoms with Gasteiger partial charge in [0.05, 0.1) is 46.8 Å². The molecule has 5 heterocycles. The van der Waals surface area contributed by atoms with E-state index in [0.29, 0.717) is 61.5 Å². The number of aromatic nitrogens is 4. The third-order valence-corrected chi connectivity index (χ3v) is 12.7. The molecule has 4 atom stereocenters. The smallest absolute Gasteiger partial charge is 0.657 e. The first-order valence-corrected chi connectivity index (χ1v) is 20.1. The van der Waals surface area contributed by atoms with Gasteiger partial charge in [-0.15, -0.1) is 22.1 Å². The van der Waals surface area contributed by atoms with Crippen LogP contribution in [0.4, 0.5) is 0 Å². The molecule has 5 rings (SSSR count). The number of nitrogens with two attached hydrogens (primary N) is 2. The van der Waals surface area contributed by atoms with E-state index < -0.39 is 36.0 Å². The number of rotatable bonds is 16. The van der Waals surface area contributed by atoms with E-state index in [0.717, 1.165) is 27.8 Å². The van der Waals surface area contributed by atoms with E-state index in [2.05, 4.69) is 0 Å². The SMILES string of the molecule is CC1=C(CCC(=O)[O-])c2cc3[n-]c(cc4nc(cc5[n-]c(cc1n2)c(C)c5C(C)SCC(N)C(=O)[O-])C(C)=C4C(C)SCC(N)C(=O)[O-])c(C)c3CCC(=O)[O-].[Fe+2]. The van der Waals surface area contributed by atoms with Crippen LogP contribution >= 0.6 is 23.5 Å². The first-order valence-electron chi connectivity index (χ1n) is 18.0. The maximum atomic E-state index is 11.6. The molecule has 8 bridgehead atoms. The Kier molecular flexibility index (Phi) is 15.0. The minimum Gasteiger partial charge on any atom is -0.657 e. The van der Waals surface area contributed by atoms with Crippen LogP contribution in [-0.2, 0) is 42.7 Å². The summed E-state index contributed by atoms with van der Waals surface area (Å²) >= 11 is 2.68. The number of fused-ring (bicyclic) bond motifs is 8. The number of allylic oxidation sites excluding steroid dienone is 3. The molecule has 2 aliphatic rings. The summed E-state index contributed by atoms with van der Waals surface area (Å²) in [4.78, 5) is 66.1. The molecule has 0 saturated heterocycles. The molecule has 0 saturated carbocycles. The summed E-state index contributed by atoms with van der Waals surface area (Å²) in [5.74, 6) is -4.99. The van der Waals surface area contributed by atoms with E-state index in [1.807, 2.05) is 59.7 Å². The predicted molar refractivity (Wildman–Crippen MR) is 210 cm³/mol. The Labute approximate surface area is 348 Å². The third-order valence-electron chi connectivity index (χ3n) is 10.1. The minimum absolute atomic E-state index is 0. The molecule has 4 N–H and O–H groups in total. The second-order valence-corrected chi connectivity index (χ2v) is 16.7. The summed E-state index contributed by atoms with van der Waals surface area (Å²) in [5.41, 5.74) is 22.0. The van der Waals surface area contributed by atoms with Crippen LogP contribution < -0.4 is 41.9 Å². The van der Waals surface area contributed by atoms with Gasteiger partial charge in [-0.25, -0.2) is 9.97 Å². The standard InChI is InChI=1S/C40H48N6O8S2.Fe/c1-17-23(7-9-35(47)48)31-14-32-24(8-10-36(49)50)18(2)28(44-32)12-33-38(22(6)56-16-26(42)40(53)54)20(4)30(46-33)13-34-37(21(5)55-15-25(41)39(51)52)19(3)29(45-34)11-27(17)43-31;/h11-14,21-22,25-26H,7-10,15-16,41-42H2,1-6H3,(H6,43,44,45,46,47,48,49,50,51,52,53,54);/q;+2/p-6. The Hall–Kier alpha value is -4.38. The molecular weight excluding hydrogens is 812 g/mol. The van der Waals surface area contributed by atoms with Crippen molar-refractivity contribution in [1.29, 1.82) is 0 Å². The van der Waals surface area contributed by atoms with Gasteiger partial charge >= 0.3 is 17.1 Å². The van der Waals surface area contributed by atoms with Crippen molar-refractivity contribution >= 4 is 91.8 Å². The molecule has 4 unspecified atom stereocenters. The summed E-state index contributed by atoms with van der Waals surface area (Å²) in [6.07, 6.45) is -0.277. The molecule has 0 aromatic carbocycles. The summed E-state index contributed by atoms with van der Waals surface area (Å²) in [5, 5.41) is 45.6. The maximum absolute atomic E-state index is 11.6. The zero-order valence-corrected chi connectivity index (χ0v) is 35.0. The number of hydrogen-bond acceptors (Lipinski definition) is 14. The zero-order chi connectivity index (χ0) is 41.2. The van der Waals surface area contributed by atoms with Gasteiger partial charge in [0.25, 0.3) is 0 Å². The molecule has 3 aromatic rings. The van der Waals surface area contributed by atoms with Crippen LogP contribution in [0.1, 0.15) is 97.2 Å². The van der Waals surface area contributed by atoms with Gasteiger partial charge in [0.2, 0.25) is 0 Å². The number of carboxylic acids is 4. The van der Waals surface area contributed by atoms with E-state index in [1.165, 1.54) is 23.5 Å². The maximum Gasteiger partial charge on any atom is 2.00 e. The third kappa shape index (κ3) is 10.2. The van der Waals surface area contributed by atoms with Crippen LogP contribution in [0.3, 0.4) is 0 Å². The van der Waals surface area contributed by atoms with Crippen molar-refractivity contribution in [2.45, 2.75) is 89.8 Å². The first kappa shape index (κ1) is 45.3. The molecule has 3 aromatic heterocycles. The topological polar surface area (TPSA) is 267 Å². The Morgan fingerprint density at radius 3 is 1.72 bits per heavy atom. The average molecular weight is 855 g/mol.